The van der Waals surface area contributed by atoms with E-state index >= 15 is 0 Å². The zero-order chi connectivity index (χ0) is 10.1. The molecule has 0 atom stereocenters. The molecule has 13 heavy (non-hydrogen) atoms. The molecule has 2 nitrogen and oxygen atoms in total. The summed E-state index contributed by atoms with van der Waals surface area (Å²) >= 11 is 0. The summed E-state index contributed by atoms with van der Waals surface area (Å²) in [5.41, 5.74) is 2.87. The van der Waals surface area contributed by atoms with Crippen LogP contribution in [0, 0.1) is 0 Å². The molecule has 0 aromatic carbocycles. The predicted octanol–water partition coefficient (Wildman–Crippen LogP) is 2.67. The number of hydrogen-bond donors (Lipinski definition) is 0. The maximum absolute atomic E-state index is 4.48. The van der Waals surface area contributed by atoms with Gasteiger partial charge in [0.2, 0.25) is 0 Å². The molecule has 0 saturated carbocycles. The minimum absolute atomic E-state index is 0.221. The highest BCUT2D eigenvalue weighted by molar-refractivity contribution is 5.25. The Bertz CT molecular complexity index is 279. The third-order valence-corrected chi connectivity index (χ3v) is 2.20. The summed E-state index contributed by atoms with van der Waals surface area (Å²) < 4.78 is 1.92. The van der Waals surface area contributed by atoms with Crippen LogP contribution >= 0.6 is 0 Å². The Kier molecular flexibility index (Phi) is 2.79. The Labute approximate surface area is 81.0 Å². The zero-order valence-corrected chi connectivity index (χ0v) is 9.39. The molecule has 0 N–H and O–H groups in total. The molecule has 0 amide bonds. The van der Waals surface area contributed by atoms with Crippen molar-refractivity contribution in [2.24, 2.45) is 7.05 Å². The molecule has 1 aromatic rings. The Morgan fingerprint density at radius 3 is 2.46 bits per heavy atom. The van der Waals surface area contributed by atoms with E-state index in [1.54, 1.807) is 0 Å². The van der Waals surface area contributed by atoms with Gasteiger partial charge in [0, 0.05) is 13.2 Å². The second-order valence-electron chi connectivity index (χ2n) is 4.66. The molecule has 0 aliphatic rings. The van der Waals surface area contributed by atoms with Crippen LogP contribution in [0.3, 0.4) is 0 Å². The smallest absolute Gasteiger partial charge is 0.0661 e. The van der Waals surface area contributed by atoms with E-state index in [1.807, 2.05) is 11.7 Å². The molecule has 0 aliphatic heterocycles. The van der Waals surface area contributed by atoms with Crippen LogP contribution in [0.15, 0.2) is 6.20 Å². The Morgan fingerprint density at radius 2 is 2.00 bits per heavy atom. The van der Waals surface area contributed by atoms with Gasteiger partial charge in [0.15, 0.2) is 0 Å². The minimum Gasteiger partial charge on any atom is -0.275 e. The molecule has 0 fully saturated rings. The summed E-state index contributed by atoms with van der Waals surface area (Å²) in [6.45, 7) is 8.91. The van der Waals surface area contributed by atoms with E-state index in [0.29, 0.717) is 0 Å². The molecular weight excluding hydrogens is 160 g/mol. The topological polar surface area (TPSA) is 17.8 Å². The highest BCUT2D eigenvalue weighted by Crippen LogP contribution is 2.25. The molecule has 0 saturated heterocycles. The number of aromatic nitrogens is 2. The number of hydrogen-bond acceptors (Lipinski definition) is 1. The predicted molar refractivity (Wildman–Crippen MR) is 55.9 cm³/mol. The normalized spacial score (nSPS) is 12.1. The lowest BCUT2D eigenvalue weighted by atomic mass is 9.86. The average molecular weight is 180 g/mol. The largest absolute Gasteiger partial charge is 0.275 e. The third-order valence-electron chi connectivity index (χ3n) is 2.20. The fourth-order valence-electron chi connectivity index (χ4n) is 1.58. The molecule has 0 unspecified atom stereocenters. The van der Waals surface area contributed by atoms with Gasteiger partial charge in [-0.1, -0.05) is 34.1 Å². The van der Waals surface area contributed by atoms with Crippen molar-refractivity contribution in [3.05, 3.63) is 17.5 Å². The molecule has 1 rings (SSSR count). The number of aryl methyl sites for hydroxylation is 2. The molecule has 0 radical (unpaired) electrons. The van der Waals surface area contributed by atoms with Crippen molar-refractivity contribution in [1.29, 1.82) is 0 Å². The Hall–Kier alpha value is -0.790. The van der Waals surface area contributed by atoms with Crippen molar-refractivity contribution < 1.29 is 0 Å². The summed E-state index contributed by atoms with van der Waals surface area (Å²) in [5, 5.41) is 4.48. The fourth-order valence-corrected chi connectivity index (χ4v) is 1.58. The van der Waals surface area contributed by atoms with E-state index in [2.05, 4.69) is 39.0 Å². The van der Waals surface area contributed by atoms with E-state index in [1.165, 1.54) is 17.7 Å². The highest BCUT2D eigenvalue weighted by Gasteiger charge is 2.20. The van der Waals surface area contributed by atoms with Crippen LogP contribution < -0.4 is 0 Å². The van der Waals surface area contributed by atoms with Crippen LogP contribution in [0.1, 0.15) is 45.4 Å². The fraction of sp³-hybridized carbons (Fsp3) is 0.727. The second kappa shape index (κ2) is 3.52. The maximum Gasteiger partial charge on any atom is 0.0661 e. The summed E-state index contributed by atoms with van der Waals surface area (Å²) in [7, 11) is 1.99. The van der Waals surface area contributed by atoms with Crippen molar-refractivity contribution >= 4 is 0 Å². The average Bonchev–Trinajstić information content (AvgIpc) is 2.30. The molecular formula is C11H20N2. The van der Waals surface area contributed by atoms with E-state index in [4.69, 9.17) is 0 Å². The van der Waals surface area contributed by atoms with Gasteiger partial charge in [-0.15, -0.1) is 0 Å². The van der Waals surface area contributed by atoms with Gasteiger partial charge in [-0.3, -0.25) is 4.68 Å². The molecule has 2 heteroatoms. The van der Waals surface area contributed by atoms with E-state index < -0.39 is 0 Å². The van der Waals surface area contributed by atoms with E-state index in [0.717, 1.165) is 6.42 Å². The lowest BCUT2D eigenvalue weighted by Crippen LogP contribution is -2.12. The quantitative estimate of drug-likeness (QED) is 0.684. The standard InChI is InChI=1S/C11H20N2/c1-6-7-10-9(11(2,3)4)8-13(5)12-10/h8H,6-7H2,1-5H3. The maximum atomic E-state index is 4.48. The Balaban J connectivity index is 3.04. The summed E-state index contributed by atoms with van der Waals surface area (Å²) in [6, 6.07) is 0. The lowest BCUT2D eigenvalue weighted by molar-refractivity contribution is 0.581. The van der Waals surface area contributed by atoms with E-state index in [-0.39, 0.29) is 5.41 Å². The monoisotopic (exact) mass is 180 g/mol. The van der Waals surface area contributed by atoms with Gasteiger partial charge < -0.3 is 0 Å². The number of rotatable bonds is 2. The SMILES string of the molecule is CCCc1nn(C)cc1C(C)(C)C. The number of nitrogens with zero attached hydrogens (tertiary/aromatic N) is 2. The summed E-state index contributed by atoms with van der Waals surface area (Å²) in [4.78, 5) is 0. The van der Waals surface area contributed by atoms with Crippen molar-refractivity contribution in [3.63, 3.8) is 0 Å². The second-order valence-corrected chi connectivity index (χ2v) is 4.66. The minimum atomic E-state index is 0.221. The van der Waals surface area contributed by atoms with Gasteiger partial charge in [-0.2, -0.15) is 5.10 Å². The van der Waals surface area contributed by atoms with Crippen molar-refractivity contribution in [2.45, 2.75) is 46.0 Å². The summed E-state index contributed by atoms with van der Waals surface area (Å²) in [6.07, 6.45) is 4.40. The first-order valence-corrected chi connectivity index (χ1v) is 4.98. The van der Waals surface area contributed by atoms with Gasteiger partial charge in [0.05, 0.1) is 5.69 Å². The molecule has 0 bridgehead atoms. The van der Waals surface area contributed by atoms with E-state index in [9.17, 15) is 0 Å². The highest BCUT2D eigenvalue weighted by atomic mass is 15.3. The molecule has 0 spiro atoms. The molecule has 74 valence electrons. The first-order valence-electron chi connectivity index (χ1n) is 4.98. The van der Waals surface area contributed by atoms with Crippen molar-refractivity contribution in [1.82, 2.24) is 9.78 Å². The van der Waals surface area contributed by atoms with Crippen LogP contribution in [-0.4, -0.2) is 9.78 Å². The first kappa shape index (κ1) is 10.3. The van der Waals surface area contributed by atoms with Gasteiger partial charge in [-0.05, 0) is 17.4 Å². The first-order chi connectivity index (χ1) is 5.95. The van der Waals surface area contributed by atoms with Crippen molar-refractivity contribution in [3.8, 4) is 0 Å². The van der Waals surface area contributed by atoms with Gasteiger partial charge in [-0.25, -0.2) is 0 Å². The van der Waals surface area contributed by atoms with Crippen LogP contribution in [0.25, 0.3) is 0 Å². The van der Waals surface area contributed by atoms with Crippen LogP contribution in [0.2, 0.25) is 0 Å². The summed E-state index contributed by atoms with van der Waals surface area (Å²) in [5.74, 6) is 0. The molecule has 0 aliphatic carbocycles. The third kappa shape index (κ3) is 2.33. The van der Waals surface area contributed by atoms with Gasteiger partial charge in [0.1, 0.15) is 0 Å². The molecule has 1 aromatic heterocycles. The van der Waals surface area contributed by atoms with Gasteiger partial charge >= 0.3 is 0 Å². The Morgan fingerprint density at radius 1 is 1.38 bits per heavy atom. The van der Waals surface area contributed by atoms with Crippen LogP contribution in [0.5, 0.6) is 0 Å². The lowest BCUT2D eigenvalue weighted by Gasteiger charge is -2.17. The van der Waals surface area contributed by atoms with Crippen LogP contribution in [0.4, 0.5) is 0 Å². The zero-order valence-electron chi connectivity index (χ0n) is 9.39. The van der Waals surface area contributed by atoms with Crippen LogP contribution in [-0.2, 0) is 18.9 Å². The van der Waals surface area contributed by atoms with Gasteiger partial charge in [0.25, 0.3) is 0 Å². The molecule has 1 heterocycles. The van der Waals surface area contributed by atoms with Crippen molar-refractivity contribution in [2.75, 3.05) is 0 Å².